The van der Waals surface area contributed by atoms with E-state index in [-0.39, 0.29) is 5.91 Å². The lowest BCUT2D eigenvalue weighted by atomic mass is 10.0. The zero-order chi connectivity index (χ0) is 12.9. The van der Waals surface area contributed by atoms with Gasteiger partial charge in [0.05, 0.1) is 0 Å². The van der Waals surface area contributed by atoms with E-state index >= 15 is 0 Å². The van der Waals surface area contributed by atoms with Crippen molar-refractivity contribution in [1.82, 2.24) is 5.32 Å². The second-order valence-corrected chi connectivity index (χ2v) is 4.42. The molecule has 0 heterocycles. The molecule has 0 aliphatic carbocycles. The number of hydrogen-bond acceptors (Lipinski definition) is 3. The van der Waals surface area contributed by atoms with E-state index in [1.54, 1.807) is 0 Å². The number of nitrogens with two attached hydrogens (primary N) is 1. The third-order valence-corrected chi connectivity index (χ3v) is 2.86. The Labute approximate surface area is 103 Å². The minimum absolute atomic E-state index is 0.331. The highest BCUT2D eigenvalue weighted by Crippen LogP contribution is 2.14. The molecule has 1 aromatic carbocycles. The van der Waals surface area contributed by atoms with Crippen LogP contribution in [-0.4, -0.2) is 31.6 Å². The number of benzene rings is 1. The van der Waals surface area contributed by atoms with Crippen molar-refractivity contribution in [2.75, 3.05) is 25.0 Å². The Morgan fingerprint density at radius 1 is 1.41 bits per heavy atom. The van der Waals surface area contributed by atoms with Crippen LogP contribution in [-0.2, 0) is 4.79 Å². The van der Waals surface area contributed by atoms with Gasteiger partial charge < -0.3 is 16.0 Å². The number of nitrogens with zero attached hydrogens (tertiary/aromatic N) is 1. The number of carbonyl (C=O) groups excluding carboxylic acids is 1. The Kier molecular flexibility index (Phi) is 4.52. The molecule has 0 saturated carbocycles. The van der Waals surface area contributed by atoms with E-state index in [0.29, 0.717) is 13.1 Å². The molecule has 1 rings (SSSR count). The molecule has 3 N–H and O–H groups in total. The van der Waals surface area contributed by atoms with Crippen molar-refractivity contribution in [3.05, 3.63) is 30.3 Å². The van der Waals surface area contributed by atoms with Gasteiger partial charge in [0.2, 0.25) is 5.91 Å². The molecule has 0 radical (unpaired) electrons. The molecule has 4 nitrogen and oxygen atoms in total. The van der Waals surface area contributed by atoms with Gasteiger partial charge in [0.15, 0.2) is 0 Å². The monoisotopic (exact) mass is 235 g/mol. The molecular formula is C13H21N3O. The van der Waals surface area contributed by atoms with Crippen LogP contribution in [0.25, 0.3) is 0 Å². The van der Waals surface area contributed by atoms with E-state index in [1.165, 1.54) is 0 Å². The van der Waals surface area contributed by atoms with Crippen molar-refractivity contribution in [2.45, 2.75) is 19.4 Å². The lowest BCUT2D eigenvalue weighted by Gasteiger charge is -2.32. The maximum atomic E-state index is 11.5. The predicted molar refractivity (Wildman–Crippen MR) is 71.0 cm³/mol. The SMILES string of the molecule is CCNC(C)(CN(C)c1ccccc1)C(N)=O. The van der Waals surface area contributed by atoms with Gasteiger partial charge >= 0.3 is 0 Å². The molecule has 0 aromatic heterocycles. The maximum Gasteiger partial charge on any atom is 0.239 e. The Hall–Kier alpha value is -1.55. The van der Waals surface area contributed by atoms with Gasteiger partial charge in [-0.2, -0.15) is 0 Å². The van der Waals surface area contributed by atoms with Crippen molar-refractivity contribution < 1.29 is 4.79 Å². The smallest absolute Gasteiger partial charge is 0.239 e. The summed E-state index contributed by atoms with van der Waals surface area (Å²) in [5, 5.41) is 3.14. The minimum atomic E-state index is -0.709. The summed E-state index contributed by atoms with van der Waals surface area (Å²) in [6.07, 6.45) is 0. The zero-order valence-corrected chi connectivity index (χ0v) is 10.7. The molecule has 0 aliphatic rings. The first-order valence-electron chi connectivity index (χ1n) is 5.80. The zero-order valence-electron chi connectivity index (χ0n) is 10.7. The van der Waals surface area contributed by atoms with E-state index in [9.17, 15) is 4.79 Å². The highest BCUT2D eigenvalue weighted by Gasteiger charge is 2.31. The third-order valence-electron chi connectivity index (χ3n) is 2.86. The Balaban J connectivity index is 2.78. The van der Waals surface area contributed by atoms with Gasteiger partial charge in [-0.1, -0.05) is 25.1 Å². The second-order valence-electron chi connectivity index (χ2n) is 4.42. The molecule has 1 aromatic rings. The average molecular weight is 235 g/mol. The Bertz CT molecular complexity index is 366. The van der Waals surface area contributed by atoms with Crippen LogP contribution in [0.4, 0.5) is 5.69 Å². The molecule has 0 aliphatic heterocycles. The van der Waals surface area contributed by atoms with Crippen LogP contribution in [0.1, 0.15) is 13.8 Å². The number of carbonyl (C=O) groups is 1. The topological polar surface area (TPSA) is 58.4 Å². The van der Waals surface area contributed by atoms with Gasteiger partial charge in [0, 0.05) is 19.3 Å². The molecule has 0 bridgehead atoms. The molecule has 0 saturated heterocycles. The molecule has 1 amide bonds. The lowest BCUT2D eigenvalue weighted by Crippen LogP contribution is -2.59. The van der Waals surface area contributed by atoms with Crippen molar-refractivity contribution in [3.8, 4) is 0 Å². The number of hydrogen-bond donors (Lipinski definition) is 2. The van der Waals surface area contributed by atoms with E-state index in [1.807, 2.05) is 56.1 Å². The number of para-hydroxylation sites is 1. The number of primary amides is 1. The largest absolute Gasteiger partial charge is 0.372 e. The van der Waals surface area contributed by atoms with E-state index in [4.69, 9.17) is 5.73 Å². The van der Waals surface area contributed by atoms with Gasteiger partial charge in [-0.25, -0.2) is 0 Å². The van der Waals surface area contributed by atoms with Gasteiger partial charge in [0.25, 0.3) is 0 Å². The van der Waals surface area contributed by atoms with Gasteiger partial charge in [-0.15, -0.1) is 0 Å². The molecule has 0 spiro atoms. The van der Waals surface area contributed by atoms with E-state index in [0.717, 1.165) is 5.69 Å². The van der Waals surface area contributed by atoms with Crippen molar-refractivity contribution >= 4 is 11.6 Å². The third kappa shape index (κ3) is 3.46. The summed E-state index contributed by atoms with van der Waals surface area (Å²) in [6.45, 7) is 5.05. The number of rotatable bonds is 6. The molecule has 4 heteroatoms. The molecule has 17 heavy (non-hydrogen) atoms. The highest BCUT2D eigenvalue weighted by atomic mass is 16.1. The van der Waals surface area contributed by atoms with Gasteiger partial charge in [-0.3, -0.25) is 4.79 Å². The number of nitrogens with one attached hydrogen (secondary N) is 1. The van der Waals surface area contributed by atoms with Crippen LogP contribution in [0.5, 0.6) is 0 Å². The van der Waals surface area contributed by atoms with Crippen molar-refractivity contribution in [3.63, 3.8) is 0 Å². The fraction of sp³-hybridized carbons (Fsp3) is 0.462. The van der Waals surface area contributed by atoms with Crippen LogP contribution in [0.15, 0.2) is 30.3 Å². The van der Waals surface area contributed by atoms with Crippen LogP contribution in [0.3, 0.4) is 0 Å². The molecule has 0 fully saturated rings. The van der Waals surface area contributed by atoms with Crippen LogP contribution < -0.4 is 16.0 Å². The van der Waals surface area contributed by atoms with Gasteiger partial charge in [0.1, 0.15) is 5.54 Å². The first-order valence-corrected chi connectivity index (χ1v) is 5.80. The lowest BCUT2D eigenvalue weighted by molar-refractivity contribution is -0.123. The summed E-state index contributed by atoms with van der Waals surface area (Å²) in [6, 6.07) is 9.93. The molecule has 1 atom stereocenters. The Morgan fingerprint density at radius 3 is 2.47 bits per heavy atom. The van der Waals surface area contributed by atoms with Crippen LogP contribution in [0, 0.1) is 0 Å². The van der Waals surface area contributed by atoms with E-state index in [2.05, 4.69) is 5.32 Å². The molecular weight excluding hydrogens is 214 g/mol. The van der Waals surface area contributed by atoms with Crippen molar-refractivity contribution in [1.29, 1.82) is 0 Å². The quantitative estimate of drug-likeness (QED) is 0.772. The summed E-state index contributed by atoms with van der Waals surface area (Å²) in [7, 11) is 1.95. The highest BCUT2D eigenvalue weighted by molar-refractivity contribution is 5.85. The van der Waals surface area contributed by atoms with Gasteiger partial charge in [-0.05, 0) is 25.6 Å². The summed E-state index contributed by atoms with van der Waals surface area (Å²) in [5.74, 6) is -0.331. The summed E-state index contributed by atoms with van der Waals surface area (Å²) in [5.41, 5.74) is 5.81. The molecule has 94 valence electrons. The number of amides is 1. The van der Waals surface area contributed by atoms with E-state index < -0.39 is 5.54 Å². The first kappa shape index (κ1) is 13.5. The average Bonchev–Trinajstić information content (AvgIpc) is 2.30. The summed E-state index contributed by atoms with van der Waals surface area (Å²) < 4.78 is 0. The number of anilines is 1. The molecule has 1 unspecified atom stereocenters. The second kappa shape index (κ2) is 5.68. The summed E-state index contributed by atoms with van der Waals surface area (Å²) >= 11 is 0. The van der Waals surface area contributed by atoms with Crippen LogP contribution in [0.2, 0.25) is 0 Å². The van der Waals surface area contributed by atoms with Crippen molar-refractivity contribution in [2.24, 2.45) is 5.73 Å². The normalized spacial score (nSPS) is 14.1. The first-order chi connectivity index (χ1) is 7.99. The fourth-order valence-electron chi connectivity index (χ4n) is 1.86. The fourth-order valence-corrected chi connectivity index (χ4v) is 1.86. The summed E-state index contributed by atoms with van der Waals surface area (Å²) in [4.78, 5) is 13.5. The predicted octanol–water partition coefficient (Wildman–Crippen LogP) is 0.976. The Morgan fingerprint density at radius 2 is 2.00 bits per heavy atom. The standard InChI is InChI=1S/C13H21N3O/c1-4-15-13(2,12(14)17)10-16(3)11-8-6-5-7-9-11/h5-9,15H,4,10H2,1-3H3,(H2,14,17). The maximum absolute atomic E-state index is 11.5. The van der Waals surface area contributed by atoms with Crippen LogP contribution >= 0.6 is 0 Å². The number of likely N-dealkylation sites (N-methyl/N-ethyl adjacent to an activating group) is 2. The minimum Gasteiger partial charge on any atom is -0.372 e.